The van der Waals surface area contributed by atoms with Gasteiger partial charge in [-0.1, -0.05) is 0 Å². The van der Waals surface area contributed by atoms with Crippen molar-refractivity contribution in [1.82, 2.24) is 39.0 Å². The van der Waals surface area contributed by atoms with E-state index in [1.165, 1.54) is 28.1 Å². The molecule has 7 heterocycles. The van der Waals surface area contributed by atoms with Crippen LogP contribution in [0.5, 0.6) is 0 Å². The Morgan fingerprint density at radius 1 is 1.16 bits per heavy atom. The van der Waals surface area contributed by atoms with Crippen LogP contribution in [0.4, 0.5) is 11.8 Å². The Morgan fingerprint density at radius 3 is 2.69 bits per heavy atom. The number of rotatable bonds is 10. The normalized spacial score (nSPS) is 31.2. The minimum Gasteiger partial charge on any atom is -0.387 e. The molecule has 0 aromatic carbocycles. The van der Waals surface area contributed by atoms with E-state index in [0.29, 0.717) is 11.2 Å². The molecular weight excluding hydrogens is 646 g/mol. The van der Waals surface area contributed by atoms with Crippen LogP contribution in [0.2, 0.25) is 0 Å². The molecule has 24 heteroatoms. The highest BCUT2D eigenvalue weighted by molar-refractivity contribution is 7.47. The second-order valence-electron chi connectivity index (χ2n) is 10.5. The minimum absolute atomic E-state index is 0.0149. The number of nitrogen functional groups attached to an aromatic ring is 2. The van der Waals surface area contributed by atoms with Crippen LogP contribution < -0.4 is 17.0 Å². The van der Waals surface area contributed by atoms with Gasteiger partial charge < -0.3 is 35.7 Å². The Kier molecular flexibility index (Phi) is 7.41. The molecule has 9 atom stereocenters. The molecule has 3 aliphatic rings. The van der Waals surface area contributed by atoms with Crippen molar-refractivity contribution in [3.63, 3.8) is 0 Å². The molecule has 45 heavy (non-hydrogen) atoms. The third-order valence-corrected chi connectivity index (χ3v) is 9.01. The van der Waals surface area contributed by atoms with Crippen LogP contribution in [-0.2, 0) is 36.9 Å². The number of ether oxygens (including phenoxy) is 3. The van der Waals surface area contributed by atoms with E-state index in [2.05, 4.69) is 29.9 Å². The smallest absolute Gasteiger partial charge is 0.387 e. The summed E-state index contributed by atoms with van der Waals surface area (Å²) in [5, 5.41) is 11.0. The number of hydrogen-bond donors (Lipinski definition) is 6. The molecule has 2 bridgehead atoms. The van der Waals surface area contributed by atoms with Crippen LogP contribution >= 0.6 is 16.1 Å². The van der Waals surface area contributed by atoms with Gasteiger partial charge in [0.05, 0.1) is 32.0 Å². The summed E-state index contributed by atoms with van der Waals surface area (Å²) < 4.78 is 60.5. The molecule has 0 radical (unpaired) electrons. The largest absolute Gasteiger partial charge is 0.694 e. The van der Waals surface area contributed by atoms with Gasteiger partial charge in [0, 0.05) is 11.0 Å². The molecule has 3 saturated heterocycles. The quantitative estimate of drug-likeness (QED) is 0.106. The van der Waals surface area contributed by atoms with Crippen molar-refractivity contribution in [3.05, 3.63) is 29.3 Å². The van der Waals surface area contributed by atoms with E-state index in [0.717, 1.165) is 0 Å². The number of aromatic nitrogens is 8. The van der Waals surface area contributed by atoms with Crippen molar-refractivity contribution in [1.29, 1.82) is 0 Å². The number of fused-ring (bicyclic) bond motifs is 4. The van der Waals surface area contributed by atoms with E-state index in [1.807, 2.05) is 0 Å². The monoisotopic (exact) mass is 671 g/mol. The average molecular weight is 671 g/mol. The van der Waals surface area contributed by atoms with Gasteiger partial charge in [0.15, 0.2) is 35.1 Å². The molecule has 3 aliphatic heterocycles. The van der Waals surface area contributed by atoms with Crippen LogP contribution in [0.15, 0.2) is 23.8 Å². The molecule has 0 aliphatic carbocycles. The lowest BCUT2D eigenvalue weighted by Crippen LogP contribution is -2.44. The fourth-order valence-electron chi connectivity index (χ4n) is 5.63. The number of phosphoric ester groups is 1. The number of phosphoric acid groups is 1. The highest BCUT2D eigenvalue weighted by Crippen LogP contribution is 2.53. The number of anilines is 2. The van der Waals surface area contributed by atoms with Crippen molar-refractivity contribution >= 4 is 50.2 Å². The fraction of sp³-hybridized carbons (Fsp3) is 0.524. The summed E-state index contributed by atoms with van der Waals surface area (Å²) in [5.74, 6) is -0.0786. The van der Waals surface area contributed by atoms with Crippen LogP contribution in [0.1, 0.15) is 18.9 Å². The maximum Gasteiger partial charge on any atom is 0.694 e. The van der Waals surface area contributed by atoms with E-state index in [4.69, 9.17) is 44.1 Å². The third-order valence-electron chi connectivity index (χ3n) is 7.65. The lowest BCUT2D eigenvalue weighted by Gasteiger charge is -2.31. The summed E-state index contributed by atoms with van der Waals surface area (Å²) in [4.78, 5) is 54.8. The van der Waals surface area contributed by atoms with Gasteiger partial charge in [0.25, 0.3) is 5.56 Å². The maximum absolute atomic E-state index is 13.3. The number of hydrogen-bond acceptors (Lipinski definition) is 17. The van der Waals surface area contributed by atoms with Crippen molar-refractivity contribution < 1.29 is 51.8 Å². The summed E-state index contributed by atoms with van der Waals surface area (Å²) in [6, 6.07) is 0. The zero-order chi connectivity index (χ0) is 31.7. The Morgan fingerprint density at radius 2 is 1.91 bits per heavy atom. The van der Waals surface area contributed by atoms with Crippen LogP contribution in [-0.4, -0.2) is 104 Å². The number of aliphatic hydroxyl groups excluding tert-OH is 1. The van der Waals surface area contributed by atoms with Crippen molar-refractivity contribution in [2.75, 3.05) is 31.3 Å². The Labute approximate surface area is 250 Å². The van der Waals surface area contributed by atoms with E-state index in [9.17, 15) is 23.9 Å². The van der Waals surface area contributed by atoms with Gasteiger partial charge in [-0.3, -0.25) is 28.0 Å². The molecule has 22 nitrogen and oxygen atoms in total. The Bertz CT molecular complexity index is 1900. The molecule has 0 spiro atoms. The molecule has 7 rings (SSSR count). The van der Waals surface area contributed by atoms with Gasteiger partial charge in [-0.25, -0.2) is 24.5 Å². The van der Waals surface area contributed by atoms with Gasteiger partial charge in [0.1, 0.15) is 42.4 Å². The summed E-state index contributed by atoms with van der Waals surface area (Å²) in [6.07, 6.45) is -2.75. The zero-order valence-corrected chi connectivity index (χ0v) is 24.5. The first-order chi connectivity index (χ1) is 21.4. The van der Waals surface area contributed by atoms with Gasteiger partial charge in [-0.05, 0) is 0 Å². The van der Waals surface area contributed by atoms with E-state index >= 15 is 0 Å². The van der Waals surface area contributed by atoms with Crippen LogP contribution in [0.3, 0.4) is 0 Å². The molecule has 0 saturated carbocycles. The summed E-state index contributed by atoms with van der Waals surface area (Å²) >= 11 is 0. The van der Waals surface area contributed by atoms with Crippen molar-refractivity contribution in [2.24, 2.45) is 0 Å². The van der Waals surface area contributed by atoms with Gasteiger partial charge >= 0.3 is 16.1 Å². The maximum atomic E-state index is 13.3. The van der Waals surface area contributed by atoms with Gasteiger partial charge in [-0.2, -0.15) is 4.98 Å². The third kappa shape index (κ3) is 5.28. The summed E-state index contributed by atoms with van der Waals surface area (Å²) in [7, 11) is -7.91. The number of nitrogens with zero attached hydrogens (tertiary/aromatic N) is 7. The number of aliphatic hydroxyl groups is 1. The van der Waals surface area contributed by atoms with Crippen molar-refractivity contribution in [3.8, 4) is 0 Å². The lowest BCUT2D eigenvalue weighted by atomic mass is 10.0. The second-order valence-corrected chi connectivity index (χ2v) is 12.6. The molecule has 240 valence electrons. The second kappa shape index (κ2) is 11.1. The summed E-state index contributed by atoms with van der Waals surface area (Å²) in [6.45, 7) is -1.17. The van der Waals surface area contributed by atoms with Gasteiger partial charge in [0.2, 0.25) is 5.95 Å². The number of H-pyrrole nitrogens is 1. The van der Waals surface area contributed by atoms with Crippen LogP contribution in [0, 0.1) is 0 Å². The highest BCUT2D eigenvalue weighted by atomic mass is 31.2. The first kappa shape index (κ1) is 30.1. The van der Waals surface area contributed by atoms with E-state index in [1.54, 1.807) is 0 Å². The molecule has 8 N–H and O–H groups in total. The van der Waals surface area contributed by atoms with E-state index < -0.39 is 70.7 Å². The number of imidazole rings is 2. The number of aromatic amines is 1. The zero-order valence-electron chi connectivity index (χ0n) is 22.7. The number of nitrogens with two attached hydrogens (primary N) is 2. The highest BCUT2D eigenvalue weighted by Gasteiger charge is 2.63. The molecule has 3 fully saturated rings. The van der Waals surface area contributed by atoms with Crippen molar-refractivity contribution in [2.45, 2.75) is 48.9 Å². The standard InChI is InChI=1S/C21H24N10O12P2/c22-14-10-15(25-5-24-14)30(6-26-10)19-12-13(32)21(42-19,3-38-12)4-40-45(36,37)43-9-1-8(2-39-44(34)35)41-18(9)31-7-27-11-16(31)28-20(23)29-17(11)33/h5-9,12-13,18-19,32H,1-4H2,(H6-,22,23,24,25,28,29,33,34,35,36,37)/p+1/t8-,9?,12?,13?,18+,19+,21+/m0/s1. The first-order valence-corrected chi connectivity index (χ1v) is 15.8. The molecule has 0 amide bonds. The molecule has 5 unspecified atom stereocenters. The predicted molar refractivity (Wildman–Crippen MR) is 146 cm³/mol. The SMILES string of the molecule is Nc1nc2c(ncn2[C@@H]2O[C@H](CO[P+](=O)O)CC2OP(=O)(O)OC[C@]23COC(C2O)[C@H](n2cnc4c(N)ncnc42)O3)c(=O)[nH]1. The topological polar surface area (TPSA) is 309 Å². The Balaban J connectivity index is 1.10. The van der Waals surface area contributed by atoms with E-state index in [-0.39, 0.29) is 42.6 Å². The lowest BCUT2D eigenvalue weighted by molar-refractivity contribution is -0.184. The molecule has 4 aromatic rings. The minimum atomic E-state index is -4.94. The fourth-order valence-corrected chi connectivity index (χ4v) is 6.90. The molecular formula is C21H25N10O12P2+. The predicted octanol–water partition coefficient (Wildman–Crippen LogP) is -1.39. The number of nitrogens with one attached hydrogen (secondary N) is 1. The average Bonchev–Trinajstić information content (AvgIpc) is 3.79. The first-order valence-electron chi connectivity index (χ1n) is 13.2. The Hall–Kier alpha value is -3.53. The summed E-state index contributed by atoms with van der Waals surface area (Å²) in [5.41, 5.74) is 9.88. The van der Waals surface area contributed by atoms with Crippen LogP contribution in [0.25, 0.3) is 22.3 Å². The molecule has 4 aromatic heterocycles. The van der Waals surface area contributed by atoms with Gasteiger partial charge in [-0.15, -0.1) is 9.42 Å².